The first kappa shape index (κ1) is 19.7. The average Bonchev–Trinajstić information content (AvgIpc) is 2.95. The molecule has 0 amide bonds. The number of nitrogens with zero attached hydrogens (tertiary/aromatic N) is 2. The molecule has 0 radical (unpaired) electrons. The molecular weight excluding hydrogens is 433 g/mol. The Bertz CT molecular complexity index is 605. The van der Waals surface area contributed by atoms with Crippen molar-refractivity contribution in [3.8, 4) is 0 Å². The van der Waals surface area contributed by atoms with Gasteiger partial charge in [-0.05, 0) is 30.9 Å². The zero-order chi connectivity index (χ0) is 15.5. The Balaban J connectivity index is 0.00000242. The van der Waals surface area contributed by atoms with Gasteiger partial charge in [0, 0.05) is 18.0 Å². The van der Waals surface area contributed by atoms with Crippen LogP contribution in [0.5, 0.6) is 0 Å². The van der Waals surface area contributed by atoms with Crippen LogP contribution in [0.2, 0.25) is 0 Å². The third-order valence-electron chi connectivity index (χ3n) is 3.83. The monoisotopic (exact) mass is 457 g/mol. The van der Waals surface area contributed by atoms with E-state index in [4.69, 9.17) is 5.73 Å². The van der Waals surface area contributed by atoms with Gasteiger partial charge >= 0.3 is 0 Å². The van der Waals surface area contributed by atoms with Gasteiger partial charge in [-0.25, -0.2) is 13.4 Å². The van der Waals surface area contributed by atoms with Crippen LogP contribution in [-0.4, -0.2) is 38.1 Å². The molecule has 0 unspecified atom stereocenters. The fourth-order valence-electron chi connectivity index (χ4n) is 2.25. The minimum Gasteiger partial charge on any atom is -0.370 e. The number of guanidine groups is 1. The summed E-state index contributed by atoms with van der Waals surface area (Å²) in [5.74, 6) is 1.45. The maximum atomic E-state index is 11.8. The van der Waals surface area contributed by atoms with Crippen LogP contribution >= 0.6 is 35.3 Å². The number of rotatable bonds is 4. The molecule has 1 aliphatic rings. The Kier molecular flexibility index (Phi) is 7.60. The number of aliphatic imine (C=N–C) groups is 1. The van der Waals surface area contributed by atoms with Crippen molar-refractivity contribution in [2.24, 2.45) is 16.6 Å². The molecule has 2 rings (SSSR count). The van der Waals surface area contributed by atoms with Crippen LogP contribution in [0.4, 0.5) is 0 Å². The fourth-order valence-corrected chi connectivity index (χ4v) is 4.65. The summed E-state index contributed by atoms with van der Waals surface area (Å²) in [6.45, 7) is 6.27. The second kappa shape index (κ2) is 8.49. The highest BCUT2D eigenvalue weighted by Crippen LogP contribution is 2.23. The number of likely N-dealkylation sites (tertiary alicyclic amines) is 1. The number of hydrogen-bond acceptors (Lipinski definition) is 4. The smallest absolute Gasteiger partial charge is 0.191 e. The Morgan fingerprint density at radius 2 is 2.05 bits per heavy atom. The second-order valence-corrected chi connectivity index (χ2v) is 9.14. The summed E-state index contributed by atoms with van der Waals surface area (Å²) >= 11 is 1.28. The molecule has 5 nitrogen and oxygen atoms in total. The SMILES string of the molecule is CCS(=O)(=O)c1ccc(CN=C(N)N2CCC(C)CC2)s1.I. The third-order valence-corrected chi connectivity index (χ3v) is 7.21. The number of nitrogens with two attached hydrogens (primary N) is 1. The van der Waals surface area contributed by atoms with Gasteiger partial charge in [-0.3, -0.25) is 0 Å². The maximum Gasteiger partial charge on any atom is 0.191 e. The first-order chi connectivity index (χ1) is 9.92. The van der Waals surface area contributed by atoms with Crippen LogP contribution in [0.25, 0.3) is 0 Å². The maximum absolute atomic E-state index is 11.8. The van der Waals surface area contributed by atoms with E-state index in [0.717, 1.165) is 36.7 Å². The van der Waals surface area contributed by atoms with Crippen LogP contribution in [0.1, 0.15) is 31.6 Å². The summed E-state index contributed by atoms with van der Waals surface area (Å²) in [4.78, 5) is 7.43. The molecule has 1 saturated heterocycles. The van der Waals surface area contributed by atoms with Gasteiger partial charge in [0.1, 0.15) is 4.21 Å². The van der Waals surface area contributed by atoms with E-state index in [9.17, 15) is 8.42 Å². The summed E-state index contributed by atoms with van der Waals surface area (Å²) in [5.41, 5.74) is 6.02. The van der Waals surface area contributed by atoms with Crippen molar-refractivity contribution in [2.45, 2.75) is 37.4 Å². The van der Waals surface area contributed by atoms with E-state index in [1.165, 1.54) is 11.3 Å². The quantitative estimate of drug-likeness (QED) is 0.429. The standard InChI is InChI=1S/C14H23N3O2S2.HI/c1-3-21(18,19)13-5-4-12(20-13)10-16-14(15)17-8-6-11(2)7-9-17;/h4-5,11H,3,6-10H2,1-2H3,(H2,15,16);1H. The molecule has 8 heteroatoms. The van der Waals surface area contributed by atoms with Crippen LogP contribution in [0, 0.1) is 5.92 Å². The molecule has 2 heterocycles. The Morgan fingerprint density at radius 3 is 2.64 bits per heavy atom. The lowest BCUT2D eigenvalue weighted by Crippen LogP contribution is -2.42. The highest BCUT2D eigenvalue weighted by Gasteiger charge is 2.17. The van der Waals surface area contributed by atoms with E-state index in [2.05, 4.69) is 16.8 Å². The van der Waals surface area contributed by atoms with Gasteiger partial charge in [-0.1, -0.05) is 13.8 Å². The van der Waals surface area contributed by atoms with Gasteiger partial charge < -0.3 is 10.6 Å². The van der Waals surface area contributed by atoms with Gasteiger partial charge in [-0.15, -0.1) is 35.3 Å². The summed E-state index contributed by atoms with van der Waals surface area (Å²) < 4.78 is 24.0. The highest BCUT2D eigenvalue weighted by molar-refractivity contribution is 14.0. The molecule has 2 N–H and O–H groups in total. The predicted molar refractivity (Wildman–Crippen MR) is 103 cm³/mol. The molecule has 0 bridgehead atoms. The number of hydrogen-bond donors (Lipinski definition) is 1. The topological polar surface area (TPSA) is 75.8 Å². The third kappa shape index (κ3) is 5.09. The van der Waals surface area contributed by atoms with Crippen molar-refractivity contribution < 1.29 is 8.42 Å². The lowest BCUT2D eigenvalue weighted by atomic mass is 10.00. The number of sulfone groups is 1. The normalized spacial score (nSPS) is 17.4. The van der Waals surface area contributed by atoms with Crippen molar-refractivity contribution >= 4 is 51.1 Å². The molecule has 0 saturated carbocycles. The minimum atomic E-state index is -3.11. The minimum absolute atomic E-state index is 0. The lowest BCUT2D eigenvalue weighted by Gasteiger charge is -2.30. The van der Waals surface area contributed by atoms with Crippen molar-refractivity contribution in [1.82, 2.24) is 4.90 Å². The van der Waals surface area contributed by atoms with E-state index < -0.39 is 9.84 Å². The summed E-state index contributed by atoms with van der Waals surface area (Å²) in [5, 5.41) is 0. The highest BCUT2D eigenvalue weighted by atomic mass is 127. The first-order valence-corrected chi connectivity index (χ1v) is 9.75. The van der Waals surface area contributed by atoms with Crippen molar-refractivity contribution in [1.29, 1.82) is 0 Å². The molecular formula is C14H24IN3O2S2. The Labute approximate surface area is 153 Å². The van der Waals surface area contributed by atoms with E-state index >= 15 is 0 Å². The summed E-state index contributed by atoms with van der Waals surface area (Å²) in [6, 6.07) is 3.48. The molecule has 22 heavy (non-hydrogen) atoms. The molecule has 1 fully saturated rings. The fraction of sp³-hybridized carbons (Fsp3) is 0.643. The van der Waals surface area contributed by atoms with E-state index in [1.54, 1.807) is 13.0 Å². The molecule has 126 valence electrons. The Morgan fingerprint density at radius 1 is 1.41 bits per heavy atom. The zero-order valence-electron chi connectivity index (χ0n) is 13.0. The molecule has 0 atom stereocenters. The Hall–Kier alpha value is -0.350. The molecule has 1 aromatic rings. The molecule has 1 aromatic heterocycles. The zero-order valence-corrected chi connectivity index (χ0v) is 17.0. The second-order valence-electron chi connectivity index (χ2n) is 5.47. The largest absolute Gasteiger partial charge is 0.370 e. The van der Waals surface area contributed by atoms with Gasteiger partial charge in [0.2, 0.25) is 0 Å². The summed E-state index contributed by atoms with van der Waals surface area (Å²) in [6.07, 6.45) is 2.29. The van der Waals surface area contributed by atoms with Gasteiger partial charge in [0.15, 0.2) is 15.8 Å². The number of piperidine rings is 1. The number of halogens is 1. The molecule has 0 spiro atoms. The van der Waals surface area contributed by atoms with E-state index in [-0.39, 0.29) is 29.7 Å². The van der Waals surface area contributed by atoms with Crippen LogP contribution in [0.3, 0.4) is 0 Å². The van der Waals surface area contributed by atoms with Crippen molar-refractivity contribution in [3.05, 3.63) is 17.0 Å². The van der Waals surface area contributed by atoms with Crippen molar-refractivity contribution in [3.63, 3.8) is 0 Å². The van der Waals surface area contributed by atoms with Gasteiger partial charge in [0.25, 0.3) is 0 Å². The van der Waals surface area contributed by atoms with Crippen molar-refractivity contribution in [2.75, 3.05) is 18.8 Å². The van der Waals surface area contributed by atoms with E-state index in [1.807, 2.05) is 6.07 Å². The molecule has 0 aromatic carbocycles. The van der Waals surface area contributed by atoms with Gasteiger partial charge in [-0.2, -0.15) is 0 Å². The lowest BCUT2D eigenvalue weighted by molar-refractivity contribution is 0.277. The van der Waals surface area contributed by atoms with Crippen LogP contribution < -0.4 is 5.73 Å². The first-order valence-electron chi connectivity index (χ1n) is 7.28. The summed E-state index contributed by atoms with van der Waals surface area (Å²) in [7, 11) is -3.11. The predicted octanol–water partition coefficient (Wildman–Crippen LogP) is 2.71. The van der Waals surface area contributed by atoms with Crippen LogP contribution in [-0.2, 0) is 16.4 Å². The number of thiophene rings is 1. The average molecular weight is 457 g/mol. The molecule has 1 aliphatic heterocycles. The van der Waals surface area contributed by atoms with Gasteiger partial charge in [0.05, 0.1) is 12.3 Å². The molecule has 0 aliphatic carbocycles. The van der Waals surface area contributed by atoms with Crippen LogP contribution in [0.15, 0.2) is 21.3 Å². The van der Waals surface area contributed by atoms with E-state index in [0.29, 0.717) is 16.7 Å².